The number of hydrogen-bond acceptors (Lipinski definition) is 6. The zero-order valence-electron chi connectivity index (χ0n) is 13.0. The molecular weight excluding hydrogens is 320 g/mol. The number of carbonyl (C=O) groups is 1. The molecule has 0 aliphatic carbocycles. The Hall–Kier alpha value is -3.74. The van der Waals surface area contributed by atoms with E-state index in [-0.39, 0.29) is 5.69 Å². The molecule has 3 aromatic rings. The number of nitrogens with zero attached hydrogens (tertiary/aromatic N) is 2. The van der Waals surface area contributed by atoms with E-state index in [9.17, 15) is 14.9 Å². The number of nitro groups is 1. The lowest BCUT2D eigenvalue weighted by Gasteiger charge is -2.14. The van der Waals surface area contributed by atoms with Crippen molar-refractivity contribution in [1.29, 1.82) is 0 Å². The average molecular weight is 334 g/mol. The molecule has 7 heteroatoms. The molecule has 0 saturated heterocycles. The monoisotopic (exact) mass is 334 g/mol. The number of para-hydroxylation sites is 1. The minimum atomic E-state index is -0.495. The van der Waals surface area contributed by atoms with Crippen LogP contribution in [0.1, 0.15) is 10.4 Å². The summed E-state index contributed by atoms with van der Waals surface area (Å²) in [5, 5.41) is 14.2. The highest BCUT2D eigenvalue weighted by Gasteiger charge is 2.15. The van der Waals surface area contributed by atoms with Crippen LogP contribution in [0.3, 0.4) is 0 Å². The molecule has 0 aliphatic heterocycles. The fourth-order valence-corrected chi connectivity index (χ4v) is 2.47. The summed E-state index contributed by atoms with van der Waals surface area (Å²) in [6, 6.07) is 14.7. The second kappa shape index (κ2) is 6.79. The average Bonchev–Trinajstić information content (AvgIpc) is 2.63. The van der Waals surface area contributed by atoms with Crippen molar-refractivity contribution in [3.63, 3.8) is 0 Å². The van der Waals surface area contributed by atoms with E-state index in [2.05, 4.69) is 10.3 Å². The van der Waals surface area contributed by atoms with Crippen molar-refractivity contribution in [3.8, 4) is 11.1 Å². The van der Waals surface area contributed by atoms with Gasteiger partial charge in [-0.3, -0.25) is 14.9 Å². The maximum Gasteiger partial charge on any atom is 0.270 e. The van der Waals surface area contributed by atoms with E-state index in [1.165, 1.54) is 18.2 Å². The quantitative estimate of drug-likeness (QED) is 0.417. The Labute approximate surface area is 143 Å². The van der Waals surface area contributed by atoms with Crippen molar-refractivity contribution >= 4 is 29.2 Å². The van der Waals surface area contributed by atoms with Crippen molar-refractivity contribution in [2.75, 3.05) is 11.1 Å². The number of benzene rings is 2. The van der Waals surface area contributed by atoms with Gasteiger partial charge in [0.15, 0.2) is 12.1 Å². The first kappa shape index (κ1) is 16.1. The van der Waals surface area contributed by atoms with E-state index in [1.54, 1.807) is 36.5 Å². The van der Waals surface area contributed by atoms with Crippen molar-refractivity contribution in [2.45, 2.75) is 0 Å². The van der Waals surface area contributed by atoms with E-state index < -0.39 is 4.92 Å². The highest BCUT2D eigenvalue weighted by atomic mass is 16.6. The number of carbonyl (C=O) groups excluding carboxylic acids is 1. The molecule has 3 N–H and O–H groups in total. The number of rotatable bonds is 5. The molecule has 0 radical (unpaired) electrons. The van der Waals surface area contributed by atoms with E-state index in [0.29, 0.717) is 40.2 Å². The SMILES string of the molecule is Nc1cccnc1Nc1ccccc1-c1cc([N+](=O)[O-])ccc1C=O. The number of pyridine rings is 1. The van der Waals surface area contributed by atoms with Crippen LogP contribution >= 0.6 is 0 Å². The topological polar surface area (TPSA) is 111 Å². The summed E-state index contributed by atoms with van der Waals surface area (Å²) in [5.74, 6) is 0.466. The third-order valence-electron chi connectivity index (χ3n) is 3.68. The smallest absolute Gasteiger partial charge is 0.270 e. The van der Waals surface area contributed by atoms with Crippen LogP contribution in [0, 0.1) is 10.1 Å². The minimum absolute atomic E-state index is 0.0900. The zero-order chi connectivity index (χ0) is 17.8. The van der Waals surface area contributed by atoms with Crippen LogP contribution in [-0.4, -0.2) is 16.2 Å². The number of nitrogens with two attached hydrogens (primary N) is 1. The fraction of sp³-hybridized carbons (Fsp3) is 0. The first-order valence-corrected chi connectivity index (χ1v) is 7.40. The predicted octanol–water partition coefficient (Wildman–Crippen LogP) is 3.80. The Morgan fingerprint density at radius 1 is 1.08 bits per heavy atom. The van der Waals surface area contributed by atoms with E-state index in [4.69, 9.17) is 5.73 Å². The highest BCUT2D eigenvalue weighted by Crippen LogP contribution is 2.34. The first-order chi connectivity index (χ1) is 12.1. The molecule has 124 valence electrons. The third kappa shape index (κ3) is 3.30. The van der Waals surface area contributed by atoms with Gasteiger partial charge in [0, 0.05) is 40.7 Å². The minimum Gasteiger partial charge on any atom is -0.396 e. The maximum atomic E-state index is 11.4. The lowest BCUT2D eigenvalue weighted by atomic mass is 9.98. The number of aromatic nitrogens is 1. The van der Waals surface area contributed by atoms with Gasteiger partial charge in [0.1, 0.15) is 0 Å². The summed E-state index contributed by atoms with van der Waals surface area (Å²) in [7, 11) is 0. The van der Waals surface area contributed by atoms with Gasteiger partial charge in [-0.05, 0) is 24.3 Å². The number of aldehydes is 1. The van der Waals surface area contributed by atoms with E-state index in [0.717, 1.165) is 0 Å². The maximum absolute atomic E-state index is 11.4. The molecular formula is C18H14N4O3. The van der Waals surface area contributed by atoms with Crippen molar-refractivity contribution in [1.82, 2.24) is 4.98 Å². The molecule has 0 spiro atoms. The second-order valence-electron chi connectivity index (χ2n) is 5.26. The van der Waals surface area contributed by atoms with Gasteiger partial charge >= 0.3 is 0 Å². The van der Waals surface area contributed by atoms with Crippen LogP contribution < -0.4 is 11.1 Å². The molecule has 0 bridgehead atoms. The van der Waals surface area contributed by atoms with Crippen LogP contribution in [0.15, 0.2) is 60.8 Å². The lowest BCUT2D eigenvalue weighted by Crippen LogP contribution is -2.01. The Morgan fingerprint density at radius 2 is 1.88 bits per heavy atom. The van der Waals surface area contributed by atoms with Crippen molar-refractivity contribution in [2.24, 2.45) is 0 Å². The summed E-state index contributed by atoms with van der Waals surface area (Å²) in [4.78, 5) is 26.2. The molecule has 7 nitrogen and oxygen atoms in total. The van der Waals surface area contributed by atoms with Crippen LogP contribution in [-0.2, 0) is 0 Å². The molecule has 0 fully saturated rings. The Kier molecular flexibility index (Phi) is 4.38. The van der Waals surface area contributed by atoms with Crippen LogP contribution in [0.25, 0.3) is 11.1 Å². The van der Waals surface area contributed by atoms with Crippen molar-refractivity contribution < 1.29 is 9.72 Å². The summed E-state index contributed by atoms with van der Waals surface area (Å²) >= 11 is 0. The largest absolute Gasteiger partial charge is 0.396 e. The van der Waals surface area contributed by atoms with Gasteiger partial charge in [-0.15, -0.1) is 0 Å². The van der Waals surface area contributed by atoms with Crippen molar-refractivity contribution in [3.05, 3.63) is 76.5 Å². The summed E-state index contributed by atoms with van der Waals surface area (Å²) in [6.07, 6.45) is 2.27. The van der Waals surface area contributed by atoms with Gasteiger partial charge in [0.2, 0.25) is 0 Å². The molecule has 0 aliphatic rings. The second-order valence-corrected chi connectivity index (χ2v) is 5.26. The summed E-state index contributed by atoms with van der Waals surface area (Å²) < 4.78 is 0. The molecule has 0 unspecified atom stereocenters. The van der Waals surface area contributed by atoms with E-state index in [1.807, 2.05) is 6.07 Å². The van der Waals surface area contributed by atoms with Gasteiger partial charge in [-0.25, -0.2) is 4.98 Å². The Morgan fingerprint density at radius 3 is 2.60 bits per heavy atom. The molecule has 3 rings (SSSR count). The predicted molar refractivity (Wildman–Crippen MR) is 95.9 cm³/mol. The number of anilines is 3. The van der Waals surface area contributed by atoms with Crippen LogP contribution in [0.4, 0.5) is 22.9 Å². The Balaban J connectivity index is 2.13. The molecule has 1 aromatic heterocycles. The van der Waals surface area contributed by atoms with Gasteiger partial charge in [0.25, 0.3) is 5.69 Å². The van der Waals surface area contributed by atoms with Gasteiger partial charge in [0.05, 0.1) is 10.6 Å². The number of nitrogens with one attached hydrogen (secondary N) is 1. The molecule has 25 heavy (non-hydrogen) atoms. The summed E-state index contributed by atoms with van der Waals surface area (Å²) in [6.45, 7) is 0. The number of nitro benzene ring substituents is 1. The number of nitrogen functional groups attached to an aromatic ring is 1. The molecule has 0 saturated carbocycles. The van der Waals surface area contributed by atoms with Crippen LogP contribution in [0.2, 0.25) is 0 Å². The molecule has 2 aromatic carbocycles. The molecule has 0 atom stereocenters. The zero-order valence-corrected chi connectivity index (χ0v) is 13.0. The van der Waals surface area contributed by atoms with Gasteiger partial charge in [-0.2, -0.15) is 0 Å². The lowest BCUT2D eigenvalue weighted by molar-refractivity contribution is -0.384. The fourth-order valence-electron chi connectivity index (χ4n) is 2.47. The highest BCUT2D eigenvalue weighted by molar-refractivity contribution is 5.93. The summed E-state index contributed by atoms with van der Waals surface area (Å²) in [5.41, 5.74) is 8.37. The van der Waals surface area contributed by atoms with Gasteiger partial charge < -0.3 is 11.1 Å². The molecule has 1 heterocycles. The van der Waals surface area contributed by atoms with E-state index >= 15 is 0 Å². The first-order valence-electron chi connectivity index (χ1n) is 7.40. The van der Waals surface area contributed by atoms with Crippen LogP contribution in [0.5, 0.6) is 0 Å². The molecule has 0 amide bonds. The standard InChI is InChI=1S/C18H14N4O3/c19-16-5-3-9-20-18(16)21-17-6-2-1-4-14(17)15-10-13(22(24)25)8-7-12(15)11-23/h1-11H,19H2,(H,20,21). The number of hydrogen-bond donors (Lipinski definition) is 2. The third-order valence-corrected chi connectivity index (χ3v) is 3.68. The number of non-ortho nitro benzene ring substituents is 1. The Bertz CT molecular complexity index is 957. The normalized spacial score (nSPS) is 10.2. The van der Waals surface area contributed by atoms with Gasteiger partial charge in [-0.1, -0.05) is 18.2 Å².